The van der Waals surface area contributed by atoms with Gasteiger partial charge >= 0.3 is 5.97 Å². The second-order valence-electron chi connectivity index (χ2n) is 4.67. The molecule has 1 N–H and O–H groups in total. The molecule has 0 aliphatic rings. The Hall–Kier alpha value is -2.00. The van der Waals surface area contributed by atoms with Crippen molar-refractivity contribution in [1.29, 1.82) is 0 Å². The van der Waals surface area contributed by atoms with E-state index in [1.807, 2.05) is 25.1 Å². The van der Waals surface area contributed by atoms with E-state index in [0.717, 1.165) is 11.1 Å². The fraction of sp³-hybridized carbons (Fsp3) is 0.188. The molecule has 0 bridgehead atoms. The summed E-state index contributed by atoms with van der Waals surface area (Å²) in [4.78, 5) is 10.9. The maximum absolute atomic E-state index is 10.9. The van der Waals surface area contributed by atoms with Crippen LogP contribution in [-0.2, 0) is 6.61 Å². The van der Waals surface area contributed by atoms with E-state index in [9.17, 15) is 4.79 Å². The Bertz CT molecular complexity index is 650. The number of aryl methyl sites for hydroxylation is 2. The summed E-state index contributed by atoms with van der Waals surface area (Å²) in [6.07, 6.45) is 0. The molecule has 0 aromatic heterocycles. The molecule has 0 saturated carbocycles. The fourth-order valence-corrected chi connectivity index (χ4v) is 2.19. The Morgan fingerprint density at radius 1 is 1.20 bits per heavy atom. The Balaban J connectivity index is 2.11. The molecule has 3 nitrogen and oxygen atoms in total. The lowest BCUT2D eigenvalue weighted by molar-refractivity contribution is 0.0696. The molecule has 0 aliphatic carbocycles. The number of ether oxygens (including phenoxy) is 1. The highest BCUT2D eigenvalue weighted by Crippen LogP contribution is 2.22. The zero-order valence-electron chi connectivity index (χ0n) is 11.3. The lowest BCUT2D eigenvalue weighted by Crippen LogP contribution is -2.01. The molecule has 20 heavy (non-hydrogen) atoms. The van der Waals surface area contributed by atoms with Gasteiger partial charge in [-0.05, 0) is 49.2 Å². The van der Waals surface area contributed by atoms with Gasteiger partial charge < -0.3 is 9.84 Å². The zero-order valence-corrected chi connectivity index (χ0v) is 12.1. The molecule has 0 unspecified atom stereocenters. The third kappa shape index (κ3) is 3.31. The lowest BCUT2D eigenvalue weighted by atomic mass is 10.1. The largest absolute Gasteiger partial charge is 0.489 e. The van der Waals surface area contributed by atoms with Crippen molar-refractivity contribution < 1.29 is 14.6 Å². The highest BCUT2D eigenvalue weighted by atomic mass is 35.5. The third-order valence-electron chi connectivity index (χ3n) is 3.03. The normalized spacial score (nSPS) is 10.3. The first kappa shape index (κ1) is 14.4. The van der Waals surface area contributed by atoms with Crippen LogP contribution < -0.4 is 4.74 Å². The van der Waals surface area contributed by atoms with Gasteiger partial charge in [0.25, 0.3) is 0 Å². The average Bonchev–Trinajstić information content (AvgIpc) is 2.37. The molecule has 0 saturated heterocycles. The second-order valence-corrected chi connectivity index (χ2v) is 5.07. The van der Waals surface area contributed by atoms with Gasteiger partial charge in [0.15, 0.2) is 0 Å². The van der Waals surface area contributed by atoms with Gasteiger partial charge in [-0.25, -0.2) is 4.79 Å². The summed E-state index contributed by atoms with van der Waals surface area (Å²) < 4.78 is 5.65. The van der Waals surface area contributed by atoms with Gasteiger partial charge in [-0.3, -0.25) is 0 Å². The number of rotatable bonds is 4. The van der Waals surface area contributed by atoms with Crippen LogP contribution >= 0.6 is 11.6 Å². The molecule has 0 amide bonds. The SMILES string of the molecule is Cc1ccc(COc2ccc(C(=O)O)c(C)c2)c(Cl)c1. The number of carboxylic acid groups (broad SMARTS) is 1. The number of benzene rings is 2. The Kier molecular flexibility index (Phi) is 4.30. The van der Waals surface area contributed by atoms with Crippen LogP contribution in [0.15, 0.2) is 36.4 Å². The number of carbonyl (C=O) groups is 1. The molecule has 2 rings (SSSR count). The van der Waals surface area contributed by atoms with Gasteiger partial charge in [-0.15, -0.1) is 0 Å². The summed E-state index contributed by atoms with van der Waals surface area (Å²) in [5.74, 6) is -0.306. The van der Waals surface area contributed by atoms with Crippen LogP contribution in [0.2, 0.25) is 5.02 Å². The molecule has 104 valence electrons. The fourth-order valence-electron chi connectivity index (χ4n) is 1.90. The van der Waals surface area contributed by atoms with E-state index < -0.39 is 5.97 Å². The van der Waals surface area contributed by atoms with Crippen LogP contribution in [0.4, 0.5) is 0 Å². The van der Waals surface area contributed by atoms with Crippen molar-refractivity contribution in [3.63, 3.8) is 0 Å². The summed E-state index contributed by atoms with van der Waals surface area (Å²) in [5, 5.41) is 9.64. The van der Waals surface area contributed by atoms with Crippen molar-refractivity contribution in [3.8, 4) is 5.75 Å². The minimum absolute atomic E-state index is 0.283. The van der Waals surface area contributed by atoms with Crippen molar-refractivity contribution in [2.24, 2.45) is 0 Å². The number of carboxylic acids is 1. The van der Waals surface area contributed by atoms with Crippen LogP contribution in [0.5, 0.6) is 5.75 Å². The maximum atomic E-state index is 10.9. The van der Waals surface area contributed by atoms with Gasteiger partial charge in [-0.2, -0.15) is 0 Å². The van der Waals surface area contributed by atoms with Crippen LogP contribution in [0, 0.1) is 13.8 Å². The smallest absolute Gasteiger partial charge is 0.335 e. The number of hydrogen-bond donors (Lipinski definition) is 1. The first-order valence-corrected chi connectivity index (χ1v) is 6.57. The molecule has 2 aromatic carbocycles. The predicted molar refractivity (Wildman–Crippen MR) is 78.7 cm³/mol. The number of hydrogen-bond acceptors (Lipinski definition) is 2. The molecular formula is C16H15ClO3. The van der Waals surface area contributed by atoms with E-state index in [4.69, 9.17) is 21.4 Å². The summed E-state index contributed by atoms with van der Waals surface area (Å²) in [7, 11) is 0. The molecule has 0 atom stereocenters. The zero-order chi connectivity index (χ0) is 14.7. The first-order chi connectivity index (χ1) is 9.47. The van der Waals surface area contributed by atoms with E-state index >= 15 is 0 Å². The Morgan fingerprint density at radius 3 is 2.55 bits per heavy atom. The number of halogens is 1. The van der Waals surface area contributed by atoms with Crippen LogP contribution in [-0.4, -0.2) is 11.1 Å². The molecule has 0 heterocycles. The minimum Gasteiger partial charge on any atom is -0.489 e. The van der Waals surface area contributed by atoms with E-state index in [2.05, 4.69) is 0 Å². The number of aromatic carboxylic acids is 1. The maximum Gasteiger partial charge on any atom is 0.335 e. The third-order valence-corrected chi connectivity index (χ3v) is 3.38. The van der Waals surface area contributed by atoms with Crippen molar-refractivity contribution >= 4 is 17.6 Å². The van der Waals surface area contributed by atoms with Crippen LogP contribution in [0.25, 0.3) is 0 Å². The van der Waals surface area contributed by atoms with E-state index in [1.165, 1.54) is 0 Å². The van der Waals surface area contributed by atoms with Gasteiger partial charge in [0.05, 0.1) is 5.56 Å². The van der Waals surface area contributed by atoms with Gasteiger partial charge in [-0.1, -0.05) is 23.7 Å². The highest BCUT2D eigenvalue weighted by molar-refractivity contribution is 6.31. The molecule has 0 radical (unpaired) electrons. The second kappa shape index (κ2) is 5.97. The molecular weight excluding hydrogens is 276 g/mol. The Morgan fingerprint density at radius 2 is 1.95 bits per heavy atom. The molecule has 2 aromatic rings. The molecule has 0 fully saturated rings. The molecule has 0 aliphatic heterocycles. The lowest BCUT2D eigenvalue weighted by Gasteiger charge is -2.10. The topological polar surface area (TPSA) is 46.5 Å². The Labute approximate surface area is 122 Å². The van der Waals surface area contributed by atoms with Crippen molar-refractivity contribution in [2.45, 2.75) is 20.5 Å². The average molecular weight is 291 g/mol. The van der Waals surface area contributed by atoms with Crippen LogP contribution in [0.3, 0.4) is 0 Å². The first-order valence-electron chi connectivity index (χ1n) is 6.19. The van der Waals surface area contributed by atoms with Crippen LogP contribution in [0.1, 0.15) is 27.0 Å². The van der Waals surface area contributed by atoms with E-state index in [1.54, 1.807) is 25.1 Å². The summed E-state index contributed by atoms with van der Waals surface area (Å²) >= 11 is 6.14. The van der Waals surface area contributed by atoms with Crippen molar-refractivity contribution in [2.75, 3.05) is 0 Å². The van der Waals surface area contributed by atoms with Crippen molar-refractivity contribution in [3.05, 3.63) is 63.7 Å². The van der Waals surface area contributed by atoms with E-state index in [0.29, 0.717) is 22.9 Å². The quantitative estimate of drug-likeness (QED) is 0.916. The van der Waals surface area contributed by atoms with Crippen molar-refractivity contribution in [1.82, 2.24) is 0 Å². The standard InChI is InChI=1S/C16H15ClO3/c1-10-3-4-12(15(17)7-10)9-20-13-5-6-14(16(18)19)11(2)8-13/h3-8H,9H2,1-2H3,(H,18,19). The minimum atomic E-state index is -0.935. The predicted octanol–water partition coefficient (Wildman–Crippen LogP) is 4.23. The van der Waals surface area contributed by atoms with E-state index in [-0.39, 0.29) is 5.56 Å². The van der Waals surface area contributed by atoms with Gasteiger partial charge in [0, 0.05) is 10.6 Å². The monoisotopic (exact) mass is 290 g/mol. The summed E-state index contributed by atoms with van der Waals surface area (Å²) in [6, 6.07) is 10.7. The molecule has 4 heteroatoms. The van der Waals surface area contributed by atoms with Gasteiger partial charge in [0.1, 0.15) is 12.4 Å². The highest BCUT2D eigenvalue weighted by Gasteiger charge is 2.08. The molecule has 0 spiro atoms. The summed E-state index contributed by atoms with van der Waals surface area (Å²) in [5.41, 5.74) is 2.95. The van der Waals surface area contributed by atoms with Gasteiger partial charge in [0.2, 0.25) is 0 Å². The summed E-state index contributed by atoms with van der Waals surface area (Å²) in [6.45, 7) is 4.07.